The summed E-state index contributed by atoms with van der Waals surface area (Å²) in [7, 11) is 1.48. The Balaban J connectivity index is 3.16. The average molecular weight is 248 g/mol. The van der Waals surface area contributed by atoms with Gasteiger partial charge in [0.15, 0.2) is 11.5 Å². The van der Waals surface area contributed by atoms with Crippen LogP contribution >= 0.6 is 0 Å². The van der Waals surface area contributed by atoms with Gasteiger partial charge in [-0.15, -0.1) is 11.7 Å². The SMILES string of the molecule is C=CCc1cc(C=NN=C(N)N)c(O)c(OC)c1. The Morgan fingerprint density at radius 1 is 1.50 bits per heavy atom. The topological polar surface area (TPSA) is 106 Å². The molecule has 6 nitrogen and oxygen atoms in total. The van der Waals surface area contributed by atoms with Gasteiger partial charge in [-0.1, -0.05) is 6.08 Å². The highest BCUT2D eigenvalue weighted by atomic mass is 16.5. The van der Waals surface area contributed by atoms with Crippen LogP contribution in [0.25, 0.3) is 0 Å². The summed E-state index contributed by atoms with van der Waals surface area (Å²) in [6.07, 6.45) is 3.76. The Kier molecular flexibility index (Phi) is 4.74. The van der Waals surface area contributed by atoms with E-state index in [1.54, 1.807) is 18.2 Å². The first kappa shape index (κ1) is 13.6. The third kappa shape index (κ3) is 3.51. The normalized spacial score (nSPS) is 10.3. The lowest BCUT2D eigenvalue weighted by Crippen LogP contribution is -2.21. The molecule has 0 aromatic heterocycles. The minimum atomic E-state index is -0.153. The Labute approximate surface area is 105 Å². The van der Waals surface area contributed by atoms with Crippen molar-refractivity contribution in [3.63, 3.8) is 0 Å². The van der Waals surface area contributed by atoms with E-state index in [9.17, 15) is 5.11 Å². The Morgan fingerprint density at radius 2 is 2.22 bits per heavy atom. The second-order valence-corrected chi connectivity index (χ2v) is 3.50. The van der Waals surface area contributed by atoms with Crippen molar-refractivity contribution in [2.24, 2.45) is 21.7 Å². The van der Waals surface area contributed by atoms with Gasteiger partial charge in [0.05, 0.1) is 13.3 Å². The van der Waals surface area contributed by atoms with Crippen LogP contribution in [0, 0.1) is 0 Å². The van der Waals surface area contributed by atoms with Crippen molar-refractivity contribution in [2.45, 2.75) is 6.42 Å². The van der Waals surface area contributed by atoms with Gasteiger partial charge >= 0.3 is 0 Å². The minimum Gasteiger partial charge on any atom is -0.504 e. The molecular formula is C12H16N4O2. The number of aromatic hydroxyl groups is 1. The first-order valence-corrected chi connectivity index (χ1v) is 5.21. The van der Waals surface area contributed by atoms with Crippen LogP contribution in [0.2, 0.25) is 0 Å². The van der Waals surface area contributed by atoms with Gasteiger partial charge < -0.3 is 21.3 Å². The summed E-state index contributed by atoms with van der Waals surface area (Å²) in [6, 6.07) is 3.49. The fourth-order valence-corrected chi connectivity index (χ4v) is 1.39. The van der Waals surface area contributed by atoms with Crippen LogP contribution in [0.3, 0.4) is 0 Å². The van der Waals surface area contributed by atoms with Gasteiger partial charge in [0.1, 0.15) is 0 Å². The number of benzene rings is 1. The zero-order chi connectivity index (χ0) is 13.5. The Hall–Kier alpha value is -2.50. The molecule has 1 rings (SSSR count). The van der Waals surface area contributed by atoms with Crippen molar-refractivity contribution >= 4 is 12.2 Å². The Bertz CT molecular complexity index is 491. The molecule has 0 amide bonds. The molecule has 0 saturated heterocycles. The van der Waals surface area contributed by atoms with E-state index in [2.05, 4.69) is 16.8 Å². The van der Waals surface area contributed by atoms with E-state index < -0.39 is 0 Å². The van der Waals surface area contributed by atoms with E-state index >= 15 is 0 Å². The Morgan fingerprint density at radius 3 is 2.78 bits per heavy atom. The third-order valence-corrected chi connectivity index (χ3v) is 2.13. The lowest BCUT2D eigenvalue weighted by molar-refractivity contribution is 0.372. The summed E-state index contributed by atoms with van der Waals surface area (Å²) in [4.78, 5) is 0. The number of hydrogen-bond acceptors (Lipinski definition) is 4. The summed E-state index contributed by atoms with van der Waals surface area (Å²) in [5.74, 6) is 0.195. The fraction of sp³-hybridized carbons (Fsp3) is 0.167. The maximum absolute atomic E-state index is 9.89. The summed E-state index contributed by atoms with van der Waals surface area (Å²) < 4.78 is 5.07. The van der Waals surface area contributed by atoms with Gasteiger partial charge in [-0.2, -0.15) is 5.10 Å². The predicted octanol–water partition coefficient (Wildman–Crippen LogP) is 0.737. The predicted molar refractivity (Wildman–Crippen MR) is 72.0 cm³/mol. The molecule has 5 N–H and O–H groups in total. The van der Waals surface area contributed by atoms with Crippen molar-refractivity contribution < 1.29 is 9.84 Å². The molecule has 0 saturated carbocycles. The van der Waals surface area contributed by atoms with Crippen molar-refractivity contribution in [2.75, 3.05) is 7.11 Å². The van der Waals surface area contributed by atoms with Crippen LogP contribution in [0.1, 0.15) is 11.1 Å². The third-order valence-electron chi connectivity index (χ3n) is 2.13. The molecule has 1 aromatic rings. The smallest absolute Gasteiger partial charge is 0.211 e. The number of ether oxygens (including phenoxy) is 1. The van der Waals surface area contributed by atoms with Gasteiger partial charge in [0.25, 0.3) is 0 Å². The molecule has 0 aliphatic heterocycles. The van der Waals surface area contributed by atoms with E-state index in [1.165, 1.54) is 13.3 Å². The van der Waals surface area contributed by atoms with Gasteiger partial charge in [0.2, 0.25) is 5.96 Å². The maximum atomic E-state index is 9.89. The number of phenols is 1. The summed E-state index contributed by atoms with van der Waals surface area (Å²) >= 11 is 0. The van der Waals surface area contributed by atoms with Gasteiger partial charge in [-0.05, 0) is 24.1 Å². The number of hydrogen-bond donors (Lipinski definition) is 3. The number of methoxy groups -OCH3 is 1. The van der Waals surface area contributed by atoms with Gasteiger partial charge in [0, 0.05) is 5.56 Å². The van der Waals surface area contributed by atoms with Gasteiger partial charge in [-0.3, -0.25) is 0 Å². The minimum absolute atomic E-state index is 0.0140. The summed E-state index contributed by atoms with van der Waals surface area (Å²) in [5.41, 5.74) is 11.7. The second kappa shape index (κ2) is 6.29. The molecule has 0 bridgehead atoms. The lowest BCUT2D eigenvalue weighted by Gasteiger charge is -2.08. The van der Waals surface area contributed by atoms with Gasteiger partial charge in [-0.25, -0.2) is 0 Å². The summed E-state index contributed by atoms with van der Waals surface area (Å²) in [5, 5.41) is 17.0. The fourth-order valence-electron chi connectivity index (χ4n) is 1.39. The van der Waals surface area contributed by atoms with Crippen LogP contribution in [0.4, 0.5) is 0 Å². The number of allylic oxidation sites excluding steroid dienone is 1. The number of rotatable bonds is 5. The van der Waals surface area contributed by atoms with Crippen LogP contribution in [0.15, 0.2) is 35.0 Å². The molecule has 1 aromatic carbocycles. The molecule has 0 aliphatic rings. The van der Waals surface area contributed by atoms with Crippen LogP contribution < -0.4 is 16.2 Å². The molecule has 0 radical (unpaired) electrons. The molecular weight excluding hydrogens is 232 g/mol. The molecule has 18 heavy (non-hydrogen) atoms. The zero-order valence-electron chi connectivity index (χ0n) is 10.1. The van der Waals surface area contributed by atoms with E-state index in [0.717, 1.165) is 5.56 Å². The lowest BCUT2D eigenvalue weighted by atomic mass is 10.1. The molecule has 6 heteroatoms. The maximum Gasteiger partial charge on any atom is 0.211 e. The highest BCUT2D eigenvalue weighted by Gasteiger charge is 2.08. The second-order valence-electron chi connectivity index (χ2n) is 3.50. The average Bonchev–Trinajstić information content (AvgIpc) is 2.32. The molecule has 0 unspecified atom stereocenters. The standard InChI is InChI=1S/C12H16N4O2/c1-3-4-8-5-9(7-15-16-12(13)14)11(17)10(6-8)18-2/h3,5-7,17H,1,4H2,2H3,(H4,13,14,16). The molecule has 0 fully saturated rings. The quantitative estimate of drug-likeness (QED) is 0.309. The van der Waals surface area contributed by atoms with Crippen molar-refractivity contribution in [1.82, 2.24) is 0 Å². The van der Waals surface area contributed by atoms with E-state index in [0.29, 0.717) is 17.7 Å². The zero-order valence-corrected chi connectivity index (χ0v) is 10.1. The largest absolute Gasteiger partial charge is 0.504 e. The molecule has 0 atom stereocenters. The number of nitrogens with two attached hydrogens (primary N) is 2. The number of phenolic OH excluding ortho intramolecular Hbond substituents is 1. The van der Waals surface area contributed by atoms with E-state index in [1.807, 2.05) is 0 Å². The summed E-state index contributed by atoms with van der Waals surface area (Å²) in [6.45, 7) is 3.66. The molecule has 96 valence electrons. The van der Waals surface area contributed by atoms with Crippen LogP contribution in [0.5, 0.6) is 11.5 Å². The van der Waals surface area contributed by atoms with Crippen LogP contribution in [-0.2, 0) is 6.42 Å². The molecule has 0 heterocycles. The number of nitrogens with zero attached hydrogens (tertiary/aromatic N) is 2. The van der Waals surface area contributed by atoms with Crippen molar-refractivity contribution in [1.29, 1.82) is 0 Å². The van der Waals surface area contributed by atoms with E-state index in [-0.39, 0.29) is 11.7 Å². The molecule has 0 aliphatic carbocycles. The van der Waals surface area contributed by atoms with Crippen LogP contribution in [-0.4, -0.2) is 24.4 Å². The van der Waals surface area contributed by atoms with Crippen molar-refractivity contribution in [3.8, 4) is 11.5 Å². The highest BCUT2D eigenvalue weighted by Crippen LogP contribution is 2.30. The molecule has 0 spiro atoms. The highest BCUT2D eigenvalue weighted by molar-refractivity contribution is 5.86. The monoisotopic (exact) mass is 248 g/mol. The first-order chi connectivity index (χ1) is 8.58. The van der Waals surface area contributed by atoms with E-state index in [4.69, 9.17) is 16.2 Å². The van der Waals surface area contributed by atoms with Crippen molar-refractivity contribution in [3.05, 3.63) is 35.9 Å². The first-order valence-electron chi connectivity index (χ1n) is 5.21. The number of guanidine groups is 1.